The number of methoxy groups -OCH3 is 1. The third-order valence-electron chi connectivity index (χ3n) is 2.22. The van der Waals surface area contributed by atoms with Gasteiger partial charge in [0.05, 0.1) is 18.1 Å². The minimum Gasteiger partial charge on any atom is -0.496 e. The number of carboxylic acids is 1. The Labute approximate surface area is 101 Å². The van der Waals surface area contributed by atoms with E-state index in [1.54, 1.807) is 0 Å². The van der Waals surface area contributed by atoms with Crippen LogP contribution in [0.15, 0.2) is 12.1 Å². The van der Waals surface area contributed by atoms with Gasteiger partial charge in [0.15, 0.2) is 12.4 Å². The van der Waals surface area contributed by atoms with Crippen LogP contribution in [0.5, 0.6) is 5.75 Å². The Morgan fingerprint density at radius 2 is 2.17 bits per heavy atom. The van der Waals surface area contributed by atoms with Gasteiger partial charge in [0.1, 0.15) is 5.75 Å². The predicted molar refractivity (Wildman–Crippen MR) is 57.6 cm³/mol. The monoisotopic (exact) mass is 255 g/mol. The number of nitrogens with zero attached hydrogens (tertiary/aromatic N) is 1. The molecule has 0 heterocycles. The molecule has 0 saturated heterocycles. The molecule has 0 spiro atoms. The van der Waals surface area contributed by atoms with E-state index >= 15 is 0 Å². The normalized spacial score (nSPS) is 11.7. The second-order valence-corrected chi connectivity index (χ2v) is 3.27. The Kier molecular flexibility index (Phi) is 3.95. The van der Waals surface area contributed by atoms with Crippen molar-refractivity contribution in [2.24, 2.45) is 0 Å². The van der Waals surface area contributed by atoms with E-state index in [-0.39, 0.29) is 23.2 Å². The average molecular weight is 255 g/mol. The largest absolute Gasteiger partial charge is 0.496 e. The zero-order valence-corrected chi connectivity index (χ0v) is 9.19. The summed E-state index contributed by atoms with van der Waals surface area (Å²) in [5.41, 5.74) is -1.06. The molecule has 8 nitrogen and oxygen atoms in total. The lowest BCUT2D eigenvalue weighted by Crippen LogP contribution is -2.14. The minimum atomic E-state index is -2.00. The van der Waals surface area contributed by atoms with Crippen LogP contribution in [-0.2, 0) is 4.79 Å². The van der Waals surface area contributed by atoms with E-state index in [1.807, 2.05) is 0 Å². The number of hydrogen-bond acceptors (Lipinski definition) is 6. The van der Waals surface area contributed by atoms with E-state index in [0.29, 0.717) is 0 Å². The molecule has 0 amide bonds. The summed E-state index contributed by atoms with van der Waals surface area (Å²) in [4.78, 5) is 31.4. The van der Waals surface area contributed by atoms with Crippen LogP contribution in [0.1, 0.15) is 22.0 Å². The molecule has 1 rings (SSSR count). The zero-order chi connectivity index (χ0) is 13.9. The molecule has 0 saturated carbocycles. The lowest BCUT2D eigenvalue weighted by atomic mass is 10.0. The second kappa shape index (κ2) is 5.23. The van der Waals surface area contributed by atoms with Gasteiger partial charge in [0, 0.05) is 17.2 Å². The number of carbonyl (C=O) groups is 2. The SMILES string of the molecule is COc1cc([N+](=O)[O-])cc(C=O)c1C(O)C(=O)O. The number of aldehydes is 1. The van der Waals surface area contributed by atoms with Crippen LogP contribution in [0.4, 0.5) is 5.69 Å². The molecule has 2 N–H and O–H groups in total. The number of aliphatic carboxylic acids is 1. The predicted octanol–water partition coefficient (Wildman–Crippen LogP) is 0.534. The van der Waals surface area contributed by atoms with Gasteiger partial charge in [-0.25, -0.2) is 4.79 Å². The standard InChI is InChI=1S/C10H9NO7/c1-18-7-3-6(11(16)17)2-5(4-12)8(7)9(13)10(14)15/h2-4,9,13H,1H3,(H,14,15). The van der Waals surface area contributed by atoms with Crippen LogP contribution < -0.4 is 4.74 Å². The second-order valence-electron chi connectivity index (χ2n) is 3.27. The van der Waals surface area contributed by atoms with Crippen LogP contribution in [-0.4, -0.2) is 34.5 Å². The number of rotatable bonds is 5. The number of hydrogen-bond donors (Lipinski definition) is 2. The Balaban J connectivity index is 3.53. The van der Waals surface area contributed by atoms with Gasteiger partial charge in [-0.3, -0.25) is 14.9 Å². The first-order chi connectivity index (χ1) is 8.42. The van der Waals surface area contributed by atoms with Crippen molar-refractivity contribution in [2.75, 3.05) is 7.11 Å². The molecule has 96 valence electrons. The molecule has 0 aliphatic rings. The van der Waals surface area contributed by atoms with Gasteiger partial charge in [-0.2, -0.15) is 0 Å². The molecule has 8 heteroatoms. The number of nitro groups is 1. The van der Waals surface area contributed by atoms with E-state index in [1.165, 1.54) is 0 Å². The first kappa shape index (κ1) is 13.6. The zero-order valence-electron chi connectivity index (χ0n) is 9.19. The molecule has 1 aromatic rings. The Bertz CT molecular complexity index is 511. The number of carboxylic acid groups (broad SMARTS) is 1. The summed E-state index contributed by atoms with van der Waals surface area (Å²) in [6, 6.07) is 1.81. The summed E-state index contributed by atoms with van der Waals surface area (Å²) in [7, 11) is 1.14. The van der Waals surface area contributed by atoms with E-state index in [2.05, 4.69) is 0 Å². The highest BCUT2D eigenvalue weighted by atomic mass is 16.6. The number of benzene rings is 1. The quantitative estimate of drug-likeness (QED) is 0.446. The third-order valence-corrected chi connectivity index (χ3v) is 2.22. The summed E-state index contributed by atoms with van der Waals surface area (Å²) < 4.78 is 4.76. The van der Waals surface area contributed by atoms with Crippen molar-refractivity contribution in [1.82, 2.24) is 0 Å². The van der Waals surface area contributed by atoms with Crippen molar-refractivity contribution in [2.45, 2.75) is 6.10 Å². The van der Waals surface area contributed by atoms with Gasteiger partial charge in [0.2, 0.25) is 0 Å². The number of aliphatic hydroxyl groups excluding tert-OH is 1. The molecule has 0 bridgehead atoms. The number of non-ortho nitro benzene ring substituents is 1. The molecule has 0 radical (unpaired) electrons. The van der Waals surface area contributed by atoms with E-state index in [9.17, 15) is 24.8 Å². The van der Waals surface area contributed by atoms with Crippen LogP contribution in [0, 0.1) is 10.1 Å². The molecule has 1 aromatic carbocycles. The number of ether oxygens (including phenoxy) is 1. The van der Waals surface area contributed by atoms with Gasteiger partial charge >= 0.3 is 5.97 Å². The Morgan fingerprint density at radius 3 is 2.56 bits per heavy atom. The summed E-state index contributed by atoms with van der Waals surface area (Å²) in [5.74, 6) is -1.83. The number of carbonyl (C=O) groups excluding carboxylic acids is 1. The molecular weight excluding hydrogens is 246 g/mol. The van der Waals surface area contributed by atoms with Crippen molar-refractivity contribution in [1.29, 1.82) is 0 Å². The van der Waals surface area contributed by atoms with Crippen molar-refractivity contribution < 1.29 is 29.5 Å². The summed E-state index contributed by atoms with van der Waals surface area (Å²) >= 11 is 0. The highest BCUT2D eigenvalue weighted by molar-refractivity contribution is 5.86. The maximum Gasteiger partial charge on any atom is 0.337 e. The first-order valence-corrected chi connectivity index (χ1v) is 4.64. The van der Waals surface area contributed by atoms with Crippen molar-refractivity contribution in [3.63, 3.8) is 0 Å². The Morgan fingerprint density at radius 1 is 1.56 bits per heavy atom. The summed E-state index contributed by atoms with van der Waals surface area (Å²) in [6.45, 7) is 0. The van der Waals surface area contributed by atoms with Crippen LogP contribution >= 0.6 is 0 Å². The molecular formula is C10H9NO7. The fourth-order valence-corrected chi connectivity index (χ4v) is 1.42. The highest BCUT2D eigenvalue weighted by Crippen LogP contribution is 2.32. The minimum absolute atomic E-state index is 0.219. The van der Waals surface area contributed by atoms with Gasteiger partial charge < -0.3 is 14.9 Å². The van der Waals surface area contributed by atoms with Crippen LogP contribution in [0.25, 0.3) is 0 Å². The molecule has 1 atom stereocenters. The van der Waals surface area contributed by atoms with Gasteiger partial charge in [0.25, 0.3) is 5.69 Å². The van der Waals surface area contributed by atoms with Crippen LogP contribution in [0.3, 0.4) is 0 Å². The van der Waals surface area contributed by atoms with E-state index in [0.717, 1.165) is 19.2 Å². The third kappa shape index (κ3) is 2.43. The lowest BCUT2D eigenvalue weighted by Gasteiger charge is -2.13. The smallest absolute Gasteiger partial charge is 0.337 e. The Hall–Kier alpha value is -2.48. The van der Waals surface area contributed by atoms with Crippen LogP contribution in [0.2, 0.25) is 0 Å². The average Bonchev–Trinajstić information content (AvgIpc) is 2.35. The maximum atomic E-state index is 10.8. The van der Waals surface area contributed by atoms with E-state index < -0.39 is 22.7 Å². The van der Waals surface area contributed by atoms with Gasteiger partial charge in [-0.1, -0.05) is 0 Å². The molecule has 0 aliphatic heterocycles. The maximum absolute atomic E-state index is 10.8. The van der Waals surface area contributed by atoms with Gasteiger partial charge in [-0.05, 0) is 0 Å². The fraction of sp³-hybridized carbons (Fsp3) is 0.200. The lowest BCUT2D eigenvalue weighted by molar-refractivity contribution is -0.385. The molecule has 18 heavy (non-hydrogen) atoms. The summed E-state index contributed by atoms with van der Waals surface area (Å²) in [5, 5.41) is 28.7. The first-order valence-electron chi connectivity index (χ1n) is 4.64. The highest BCUT2D eigenvalue weighted by Gasteiger charge is 2.26. The van der Waals surface area contributed by atoms with Crippen molar-refractivity contribution >= 4 is 17.9 Å². The fourth-order valence-electron chi connectivity index (χ4n) is 1.42. The van der Waals surface area contributed by atoms with Gasteiger partial charge in [-0.15, -0.1) is 0 Å². The van der Waals surface area contributed by atoms with Crippen molar-refractivity contribution in [3.05, 3.63) is 33.4 Å². The molecule has 0 fully saturated rings. The summed E-state index contributed by atoms with van der Waals surface area (Å²) in [6.07, 6.45) is -1.78. The topological polar surface area (TPSA) is 127 Å². The van der Waals surface area contributed by atoms with Crippen molar-refractivity contribution in [3.8, 4) is 5.75 Å². The molecule has 0 aliphatic carbocycles. The molecule has 0 aromatic heterocycles. The number of aliphatic hydroxyl groups is 1. The molecule has 1 unspecified atom stereocenters. The number of nitro benzene ring substituents is 1. The van der Waals surface area contributed by atoms with E-state index in [4.69, 9.17) is 9.84 Å².